The zero-order chi connectivity index (χ0) is 19.3. The van der Waals surface area contributed by atoms with Gasteiger partial charge in [0, 0.05) is 16.5 Å². The van der Waals surface area contributed by atoms with Crippen LogP contribution in [0, 0.1) is 0 Å². The van der Waals surface area contributed by atoms with E-state index >= 15 is 0 Å². The van der Waals surface area contributed by atoms with Crippen molar-refractivity contribution in [2.45, 2.75) is 16.5 Å². The van der Waals surface area contributed by atoms with Crippen LogP contribution in [0.2, 0.25) is 5.02 Å². The Morgan fingerprint density at radius 3 is 2.61 bits per heavy atom. The first-order valence-corrected chi connectivity index (χ1v) is 9.90. The van der Waals surface area contributed by atoms with E-state index in [0.717, 1.165) is 26.5 Å². The maximum absolute atomic E-state index is 12.9. The first-order valence-electron chi connectivity index (χ1n) is 8.71. The van der Waals surface area contributed by atoms with Crippen molar-refractivity contribution in [3.8, 4) is 0 Å². The molecule has 28 heavy (non-hydrogen) atoms. The first-order chi connectivity index (χ1) is 13.7. The molecule has 2 heterocycles. The fraction of sp³-hybridized carbons (Fsp3) is 0.0455. The van der Waals surface area contributed by atoms with Gasteiger partial charge in [-0.3, -0.25) is 9.78 Å². The first kappa shape index (κ1) is 18.5. The summed E-state index contributed by atoms with van der Waals surface area (Å²) in [5, 5.41) is 5.13. The van der Waals surface area contributed by atoms with Crippen LogP contribution in [-0.4, -0.2) is 15.9 Å². The smallest absolute Gasteiger partial charge is 0.252 e. The molecule has 1 N–H and O–H groups in total. The van der Waals surface area contributed by atoms with E-state index in [0.29, 0.717) is 17.1 Å². The standard InChI is InChI=1S/C22H16ClN3OS/c23-18-9-2-4-11-20(18)28-21-13-17(16-8-1-3-10-19(16)26-21)22(27)25-14-15-7-5-6-12-24-15/h1-13H,14H2,(H,25,27). The number of nitrogens with zero attached hydrogens (tertiary/aromatic N) is 2. The predicted octanol–water partition coefficient (Wildman–Crippen LogP) is 5.36. The second kappa shape index (κ2) is 8.42. The molecule has 1 amide bonds. The molecule has 0 radical (unpaired) electrons. The highest BCUT2D eigenvalue weighted by Gasteiger charge is 2.14. The van der Waals surface area contributed by atoms with E-state index in [1.807, 2.05) is 72.8 Å². The largest absolute Gasteiger partial charge is 0.346 e. The molecular formula is C22H16ClN3OS. The normalized spacial score (nSPS) is 10.8. The molecule has 0 fully saturated rings. The van der Waals surface area contributed by atoms with E-state index in [9.17, 15) is 4.79 Å². The van der Waals surface area contributed by atoms with Crippen LogP contribution in [0.15, 0.2) is 88.9 Å². The maximum atomic E-state index is 12.9. The third-order valence-corrected chi connectivity index (χ3v) is 5.58. The van der Waals surface area contributed by atoms with Crippen molar-refractivity contribution >= 4 is 40.2 Å². The lowest BCUT2D eigenvalue weighted by molar-refractivity contribution is 0.0951. The average molecular weight is 406 g/mol. The van der Waals surface area contributed by atoms with E-state index in [4.69, 9.17) is 11.6 Å². The summed E-state index contributed by atoms with van der Waals surface area (Å²) >= 11 is 7.72. The van der Waals surface area contributed by atoms with Crippen molar-refractivity contribution in [1.29, 1.82) is 0 Å². The zero-order valence-electron chi connectivity index (χ0n) is 14.8. The van der Waals surface area contributed by atoms with Gasteiger partial charge >= 0.3 is 0 Å². The molecule has 0 atom stereocenters. The van der Waals surface area contributed by atoms with Crippen LogP contribution >= 0.6 is 23.4 Å². The summed E-state index contributed by atoms with van der Waals surface area (Å²) in [6, 6.07) is 22.6. The van der Waals surface area contributed by atoms with Crippen molar-refractivity contribution in [3.05, 3.63) is 95.3 Å². The lowest BCUT2D eigenvalue weighted by Crippen LogP contribution is -2.23. The molecule has 0 aliphatic heterocycles. The van der Waals surface area contributed by atoms with E-state index in [1.54, 1.807) is 6.20 Å². The van der Waals surface area contributed by atoms with Gasteiger partial charge in [0.05, 0.1) is 28.3 Å². The van der Waals surface area contributed by atoms with Crippen molar-refractivity contribution < 1.29 is 4.79 Å². The SMILES string of the molecule is O=C(NCc1ccccn1)c1cc(Sc2ccccc2Cl)nc2ccccc12. The van der Waals surface area contributed by atoms with Gasteiger partial charge in [-0.25, -0.2) is 4.98 Å². The van der Waals surface area contributed by atoms with Crippen LogP contribution in [0.5, 0.6) is 0 Å². The van der Waals surface area contributed by atoms with Crippen molar-refractivity contribution in [2.24, 2.45) is 0 Å². The zero-order valence-corrected chi connectivity index (χ0v) is 16.4. The number of halogens is 1. The Labute approximate surface area is 172 Å². The van der Waals surface area contributed by atoms with Crippen LogP contribution in [0.3, 0.4) is 0 Å². The maximum Gasteiger partial charge on any atom is 0.252 e. The molecule has 0 spiro atoms. The van der Waals surface area contributed by atoms with Gasteiger partial charge in [0.1, 0.15) is 5.03 Å². The second-order valence-electron chi connectivity index (χ2n) is 6.06. The Morgan fingerprint density at radius 1 is 1.00 bits per heavy atom. The van der Waals surface area contributed by atoms with Gasteiger partial charge in [-0.05, 0) is 36.4 Å². The van der Waals surface area contributed by atoms with Gasteiger partial charge < -0.3 is 5.32 Å². The lowest BCUT2D eigenvalue weighted by atomic mass is 10.1. The molecular weight excluding hydrogens is 390 g/mol. The fourth-order valence-corrected chi connectivity index (χ4v) is 3.91. The van der Waals surface area contributed by atoms with Crippen LogP contribution in [0.4, 0.5) is 0 Å². The summed E-state index contributed by atoms with van der Waals surface area (Å²) in [5.41, 5.74) is 2.15. The summed E-state index contributed by atoms with van der Waals surface area (Å²) in [6.45, 7) is 0.364. The number of aromatic nitrogens is 2. The minimum atomic E-state index is -0.162. The molecule has 138 valence electrons. The van der Waals surface area contributed by atoms with Crippen LogP contribution in [0.1, 0.15) is 16.1 Å². The molecule has 0 aliphatic carbocycles. The summed E-state index contributed by atoms with van der Waals surface area (Å²) in [5.74, 6) is -0.162. The average Bonchev–Trinajstić information content (AvgIpc) is 2.74. The van der Waals surface area contributed by atoms with E-state index in [1.165, 1.54) is 11.8 Å². The highest BCUT2D eigenvalue weighted by molar-refractivity contribution is 7.99. The molecule has 2 aromatic heterocycles. The molecule has 4 nitrogen and oxygen atoms in total. The number of pyridine rings is 2. The summed E-state index contributed by atoms with van der Waals surface area (Å²) in [6.07, 6.45) is 1.71. The topological polar surface area (TPSA) is 54.9 Å². The molecule has 0 aliphatic rings. The summed E-state index contributed by atoms with van der Waals surface area (Å²) in [4.78, 5) is 22.7. The quantitative estimate of drug-likeness (QED) is 0.485. The number of fused-ring (bicyclic) bond motifs is 1. The molecule has 6 heteroatoms. The lowest BCUT2D eigenvalue weighted by Gasteiger charge is -2.10. The minimum Gasteiger partial charge on any atom is -0.346 e. The monoisotopic (exact) mass is 405 g/mol. The van der Waals surface area contributed by atoms with Gasteiger partial charge in [0.2, 0.25) is 0 Å². The van der Waals surface area contributed by atoms with Gasteiger partial charge in [0.25, 0.3) is 5.91 Å². The number of para-hydroxylation sites is 1. The Balaban J connectivity index is 1.66. The van der Waals surface area contributed by atoms with E-state index in [2.05, 4.69) is 15.3 Å². The molecule has 4 rings (SSSR count). The minimum absolute atomic E-state index is 0.162. The fourth-order valence-electron chi connectivity index (χ4n) is 2.80. The number of amides is 1. The van der Waals surface area contributed by atoms with Gasteiger partial charge in [0.15, 0.2) is 0 Å². The number of hydrogen-bond acceptors (Lipinski definition) is 4. The Kier molecular flexibility index (Phi) is 5.55. The van der Waals surface area contributed by atoms with Crippen LogP contribution in [0.25, 0.3) is 10.9 Å². The highest BCUT2D eigenvalue weighted by Crippen LogP contribution is 2.34. The number of carbonyl (C=O) groups is 1. The Morgan fingerprint density at radius 2 is 1.79 bits per heavy atom. The molecule has 0 saturated carbocycles. The van der Waals surface area contributed by atoms with E-state index < -0.39 is 0 Å². The Bertz CT molecular complexity index is 1130. The van der Waals surface area contributed by atoms with Crippen molar-refractivity contribution in [1.82, 2.24) is 15.3 Å². The predicted molar refractivity (Wildman–Crippen MR) is 113 cm³/mol. The number of benzene rings is 2. The molecule has 0 bridgehead atoms. The highest BCUT2D eigenvalue weighted by atomic mass is 35.5. The third kappa shape index (κ3) is 4.16. The summed E-state index contributed by atoms with van der Waals surface area (Å²) < 4.78 is 0. The molecule has 0 unspecified atom stereocenters. The van der Waals surface area contributed by atoms with Crippen LogP contribution < -0.4 is 5.32 Å². The Hall–Kier alpha value is -2.89. The van der Waals surface area contributed by atoms with E-state index in [-0.39, 0.29) is 5.91 Å². The molecule has 0 saturated heterocycles. The van der Waals surface area contributed by atoms with Crippen LogP contribution in [-0.2, 0) is 6.54 Å². The number of rotatable bonds is 5. The second-order valence-corrected chi connectivity index (χ2v) is 7.53. The number of nitrogens with one attached hydrogen (secondary N) is 1. The van der Waals surface area contributed by atoms with Gasteiger partial charge in [-0.2, -0.15) is 0 Å². The third-order valence-electron chi connectivity index (χ3n) is 4.14. The van der Waals surface area contributed by atoms with Crippen molar-refractivity contribution in [3.63, 3.8) is 0 Å². The molecule has 4 aromatic rings. The molecule has 2 aromatic carbocycles. The van der Waals surface area contributed by atoms with Crippen molar-refractivity contribution in [2.75, 3.05) is 0 Å². The van der Waals surface area contributed by atoms with Gasteiger partial charge in [-0.15, -0.1) is 0 Å². The number of hydrogen-bond donors (Lipinski definition) is 1. The number of carbonyl (C=O) groups excluding carboxylic acids is 1. The van der Waals surface area contributed by atoms with Gasteiger partial charge in [-0.1, -0.05) is 59.8 Å². The summed E-state index contributed by atoms with van der Waals surface area (Å²) in [7, 11) is 0.